The molecule has 6 heteroatoms. The Kier molecular flexibility index (Phi) is 8.40. The first-order chi connectivity index (χ1) is 17.6. The Hall–Kier alpha value is -4.06. The largest absolute Gasteiger partial charge is 0.493 e. The molecule has 0 radical (unpaired) electrons. The molecule has 1 fully saturated rings. The molecule has 36 heavy (non-hydrogen) atoms. The molecule has 0 saturated carbocycles. The van der Waals surface area contributed by atoms with Crippen LogP contribution in [-0.2, 0) is 13.0 Å². The number of hydrogen-bond acceptors (Lipinski definition) is 5. The average molecular weight is 484 g/mol. The zero-order chi connectivity index (χ0) is 25.3. The van der Waals surface area contributed by atoms with E-state index in [-0.39, 0.29) is 5.91 Å². The van der Waals surface area contributed by atoms with Crippen LogP contribution in [-0.4, -0.2) is 32.3 Å². The summed E-state index contributed by atoms with van der Waals surface area (Å²) in [7, 11) is 1.61. The summed E-state index contributed by atoms with van der Waals surface area (Å²) in [6.07, 6.45) is 6.47. The van der Waals surface area contributed by atoms with E-state index in [2.05, 4.69) is 53.2 Å². The quantitative estimate of drug-likeness (QED) is 0.229. The fourth-order valence-electron chi connectivity index (χ4n) is 4.25. The highest BCUT2D eigenvalue weighted by Crippen LogP contribution is 2.34. The lowest BCUT2D eigenvalue weighted by molar-refractivity contribution is 0.0955. The van der Waals surface area contributed by atoms with Crippen molar-refractivity contribution in [2.45, 2.75) is 32.8 Å². The Labute approximate surface area is 213 Å². The van der Waals surface area contributed by atoms with Crippen molar-refractivity contribution < 1.29 is 14.3 Å². The van der Waals surface area contributed by atoms with Gasteiger partial charge in [-0.3, -0.25) is 4.79 Å². The summed E-state index contributed by atoms with van der Waals surface area (Å²) in [5.41, 5.74) is 8.34. The summed E-state index contributed by atoms with van der Waals surface area (Å²) in [4.78, 5) is 14.9. The lowest BCUT2D eigenvalue weighted by Crippen LogP contribution is -2.19. The van der Waals surface area contributed by atoms with E-state index < -0.39 is 0 Å². The van der Waals surface area contributed by atoms with Gasteiger partial charge in [-0.05, 0) is 73.7 Å². The van der Waals surface area contributed by atoms with Gasteiger partial charge in [0.2, 0.25) is 0 Å². The lowest BCUT2D eigenvalue weighted by atomic mass is 10.1. The van der Waals surface area contributed by atoms with Crippen molar-refractivity contribution in [2.24, 2.45) is 5.10 Å². The first-order valence-electron chi connectivity index (χ1n) is 12.3. The van der Waals surface area contributed by atoms with E-state index in [1.807, 2.05) is 42.5 Å². The fraction of sp³-hybridized carbons (Fsp3) is 0.267. The van der Waals surface area contributed by atoms with Crippen molar-refractivity contribution in [3.8, 4) is 11.5 Å². The topological polar surface area (TPSA) is 63.2 Å². The Morgan fingerprint density at radius 3 is 2.47 bits per heavy atom. The van der Waals surface area contributed by atoms with Crippen LogP contribution >= 0.6 is 0 Å². The minimum absolute atomic E-state index is 0.254. The summed E-state index contributed by atoms with van der Waals surface area (Å²) < 4.78 is 11.8. The van der Waals surface area contributed by atoms with E-state index in [1.54, 1.807) is 13.3 Å². The minimum atomic E-state index is -0.254. The summed E-state index contributed by atoms with van der Waals surface area (Å²) in [5.74, 6) is 1.03. The third-order valence-electron chi connectivity index (χ3n) is 6.22. The molecule has 6 nitrogen and oxygen atoms in total. The Balaban J connectivity index is 1.43. The van der Waals surface area contributed by atoms with Crippen LogP contribution in [0.5, 0.6) is 11.5 Å². The zero-order valence-electron chi connectivity index (χ0n) is 21.0. The molecule has 0 aromatic heterocycles. The van der Waals surface area contributed by atoms with Crippen molar-refractivity contribution in [2.75, 3.05) is 25.1 Å². The highest BCUT2D eigenvalue weighted by molar-refractivity contribution is 5.95. The maximum Gasteiger partial charge on any atom is 0.271 e. The Bertz CT molecular complexity index is 1210. The predicted molar refractivity (Wildman–Crippen MR) is 145 cm³/mol. The van der Waals surface area contributed by atoms with Crippen LogP contribution in [0.25, 0.3) is 0 Å². The molecule has 1 aliphatic heterocycles. The number of nitrogens with zero attached hydrogens (tertiary/aromatic N) is 2. The van der Waals surface area contributed by atoms with Gasteiger partial charge in [-0.2, -0.15) is 5.10 Å². The van der Waals surface area contributed by atoms with Gasteiger partial charge in [0.25, 0.3) is 5.91 Å². The van der Waals surface area contributed by atoms with E-state index in [4.69, 9.17) is 9.47 Å². The van der Waals surface area contributed by atoms with E-state index in [1.165, 1.54) is 18.4 Å². The van der Waals surface area contributed by atoms with Crippen LogP contribution in [0.4, 0.5) is 5.69 Å². The number of anilines is 1. The number of amides is 1. The summed E-state index contributed by atoms with van der Waals surface area (Å²) in [6.45, 7) is 8.51. The second kappa shape index (κ2) is 12.1. The Morgan fingerprint density at radius 2 is 1.81 bits per heavy atom. The molecule has 1 saturated heterocycles. The molecule has 0 spiro atoms. The van der Waals surface area contributed by atoms with Gasteiger partial charge in [-0.25, -0.2) is 5.43 Å². The first-order valence-corrected chi connectivity index (χ1v) is 12.3. The van der Waals surface area contributed by atoms with Crippen molar-refractivity contribution >= 4 is 17.8 Å². The van der Waals surface area contributed by atoms with Crippen LogP contribution in [0.3, 0.4) is 0 Å². The molecular formula is C30H33N3O3. The van der Waals surface area contributed by atoms with Crippen LogP contribution < -0.4 is 19.8 Å². The molecule has 0 bridgehead atoms. The number of rotatable bonds is 10. The van der Waals surface area contributed by atoms with Gasteiger partial charge in [0.05, 0.1) is 13.3 Å². The SMILES string of the molecule is C=CCc1cc(/C=N\NC(=O)c2ccc(N3CCCC3)cc2)cc(OC)c1OCc1ccc(C)cc1. The number of allylic oxidation sites excluding steroid dienone is 1. The van der Waals surface area contributed by atoms with Crippen molar-refractivity contribution in [3.63, 3.8) is 0 Å². The number of carbonyl (C=O) groups is 1. The maximum atomic E-state index is 12.6. The number of ether oxygens (including phenoxy) is 2. The van der Waals surface area contributed by atoms with Gasteiger partial charge < -0.3 is 14.4 Å². The number of hydrazone groups is 1. The van der Waals surface area contributed by atoms with Crippen LogP contribution in [0.1, 0.15) is 45.5 Å². The molecule has 1 aliphatic rings. The number of nitrogens with one attached hydrogen (secondary N) is 1. The van der Waals surface area contributed by atoms with E-state index >= 15 is 0 Å². The standard InChI is InChI=1S/C30H33N3O3/c1-4-7-26-18-24(19-28(35-3)29(26)36-21-23-10-8-22(2)9-11-23)20-31-32-30(34)25-12-14-27(15-13-25)33-16-5-6-17-33/h4,8-15,18-20H,1,5-7,16-17,21H2,2-3H3,(H,32,34)/b31-20-. The highest BCUT2D eigenvalue weighted by atomic mass is 16.5. The summed E-state index contributed by atoms with van der Waals surface area (Å²) >= 11 is 0. The number of aryl methyl sites for hydroxylation is 1. The number of hydrogen-bond donors (Lipinski definition) is 1. The molecule has 1 heterocycles. The first kappa shape index (κ1) is 25.0. The summed E-state index contributed by atoms with van der Waals surface area (Å²) in [6, 6.07) is 19.7. The molecule has 0 unspecified atom stereocenters. The number of benzene rings is 3. The van der Waals surface area contributed by atoms with Gasteiger partial charge in [-0.15, -0.1) is 6.58 Å². The molecule has 0 aliphatic carbocycles. The van der Waals surface area contributed by atoms with Gasteiger partial charge in [-0.1, -0.05) is 35.9 Å². The minimum Gasteiger partial charge on any atom is -0.493 e. The monoisotopic (exact) mass is 483 g/mol. The number of carbonyl (C=O) groups excluding carboxylic acids is 1. The smallest absolute Gasteiger partial charge is 0.271 e. The molecule has 3 aromatic rings. The van der Waals surface area contributed by atoms with Gasteiger partial charge in [0.15, 0.2) is 11.5 Å². The molecule has 1 amide bonds. The molecule has 186 valence electrons. The molecule has 3 aromatic carbocycles. The second-order valence-electron chi connectivity index (χ2n) is 8.92. The van der Waals surface area contributed by atoms with E-state index in [0.29, 0.717) is 30.1 Å². The van der Waals surface area contributed by atoms with E-state index in [0.717, 1.165) is 35.5 Å². The second-order valence-corrected chi connectivity index (χ2v) is 8.92. The van der Waals surface area contributed by atoms with Crippen molar-refractivity contribution in [3.05, 3.63) is 101 Å². The van der Waals surface area contributed by atoms with Crippen molar-refractivity contribution in [1.82, 2.24) is 5.43 Å². The van der Waals surface area contributed by atoms with Crippen molar-refractivity contribution in [1.29, 1.82) is 0 Å². The van der Waals surface area contributed by atoms with Gasteiger partial charge in [0, 0.05) is 29.9 Å². The third-order valence-corrected chi connectivity index (χ3v) is 6.22. The Morgan fingerprint density at radius 1 is 1.08 bits per heavy atom. The van der Waals surface area contributed by atoms with Gasteiger partial charge >= 0.3 is 0 Å². The summed E-state index contributed by atoms with van der Waals surface area (Å²) in [5, 5.41) is 4.17. The third kappa shape index (κ3) is 6.33. The predicted octanol–water partition coefficient (Wildman–Crippen LogP) is 5.68. The highest BCUT2D eigenvalue weighted by Gasteiger charge is 2.14. The number of methoxy groups -OCH3 is 1. The molecular weight excluding hydrogens is 450 g/mol. The maximum absolute atomic E-state index is 12.6. The van der Waals surface area contributed by atoms with E-state index in [9.17, 15) is 4.79 Å². The van der Waals surface area contributed by atoms with Gasteiger partial charge in [0.1, 0.15) is 6.61 Å². The van der Waals surface area contributed by atoms with Crippen LogP contribution in [0.15, 0.2) is 78.4 Å². The normalized spacial score (nSPS) is 13.1. The van der Waals surface area contributed by atoms with Crippen LogP contribution in [0, 0.1) is 6.92 Å². The van der Waals surface area contributed by atoms with Crippen LogP contribution in [0.2, 0.25) is 0 Å². The lowest BCUT2D eigenvalue weighted by Gasteiger charge is -2.17. The average Bonchev–Trinajstić information content (AvgIpc) is 3.44. The fourth-order valence-corrected chi connectivity index (χ4v) is 4.25. The molecule has 0 atom stereocenters. The molecule has 4 rings (SSSR count). The molecule has 1 N–H and O–H groups in total. The zero-order valence-corrected chi connectivity index (χ0v) is 21.0.